The maximum atomic E-state index is 12.0. The first-order valence-corrected chi connectivity index (χ1v) is 9.61. The molecule has 1 N–H and O–H groups in total. The molecule has 120 valence electrons. The highest BCUT2D eigenvalue weighted by Crippen LogP contribution is 2.22. The number of halogens is 1. The molecule has 0 saturated carbocycles. The average molecular weight is 410 g/mol. The number of amides is 1. The number of thiophene rings is 1. The van der Waals surface area contributed by atoms with Crippen molar-refractivity contribution in [1.29, 1.82) is 0 Å². The van der Waals surface area contributed by atoms with E-state index in [9.17, 15) is 4.79 Å². The molecule has 0 aromatic carbocycles. The summed E-state index contributed by atoms with van der Waals surface area (Å²) in [5, 5.41) is 2.91. The van der Waals surface area contributed by atoms with Crippen LogP contribution in [0.3, 0.4) is 0 Å². The van der Waals surface area contributed by atoms with Crippen LogP contribution in [0, 0.1) is 13.8 Å². The van der Waals surface area contributed by atoms with Gasteiger partial charge in [0.15, 0.2) is 4.96 Å². The number of nitrogens with one attached hydrogen (secondary N) is 1. The van der Waals surface area contributed by atoms with E-state index in [0.717, 1.165) is 26.6 Å². The molecule has 7 heteroatoms. The zero-order valence-electron chi connectivity index (χ0n) is 12.8. The summed E-state index contributed by atoms with van der Waals surface area (Å²) in [5.74, 6) is -0.0816. The number of carbonyl (C=O) groups is 1. The van der Waals surface area contributed by atoms with Crippen molar-refractivity contribution in [2.75, 3.05) is 6.54 Å². The van der Waals surface area contributed by atoms with E-state index in [4.69, 9.17) is 0 Å². The third-order valence-electron chi connectivity index (χ3n) is 3.35. The lowest BCUT2D eigenvalue weighted by Gasteiger charge is -2.00. The molecule has 0 aliphatic carbocycles. The predicted molar refractivity (Wildman–Crippen MR) is 100 cm³/mol. The van der Waals surface area contributed by atoms with Crippen LogP contribution in [0.2, 0.25) is 0 Å². The van der Waals surface area contributed by atoms with Crippen LogP contribution in [-0.2, 0) is 11.2 Å². The van der Waals surface area contributed by atoms with Crippen LogP contribution in [0.5, 0.6) is 0 Å². The van der Waals surface area contributed by atoms with Gasteiger partial charge in [-0.2, -0.15) is 0 Å². The molecule has 3 aromatic rings. The largest absolute Gasteiger partial charge is 0.352 e. The first-order chi connectivity index (χ1) is 11.0. The summed E-state index contributed by atoms with van der Waals surface area (Å²) >= 11 is 6.78. The number of hydrogen-bond acceptors (Lipinski definition) is 4. The van der Waals surface area contributed by atoms with Crippen molar-refractivity contribution in [1.82, 2.24) is 14.7 Å². The number of fused-ring (bicyclic) bond motifs is 1. The van der Waals surface area contributed by atoms with Crippen LogP contribution in [0.15, 0.2) is 28.2 Å². The first-order valence-electron chi connectivity index (χ1n) is 7.18. The van der Waals surface area contributed by atoms with E-state index in [1.165, 1.54) is 9.75 Å². The van der Waals surface area contributed by atoms with Gasteiger partial charge in [0, 0.05) is 28.6 Å². The summed E-state index contributed by atoms with van der Waals surface area (Å²) in [7, 11) is 0. The number of hydrogen-bond donors (Lipinski definition) is 1. The average Bonchev–Trinajstić information content (AvgIpc) is 3.12. The van der Waals surface area contributed by atoms with Crippen molar-refractivity contribution >= 4 is 55.5 Å². The molecule has 0 bridgehead atoms. The van der Waals surface area contributed by atoms with Gasteiger partial charge in [0.05, 0.1) is 15.2 Å². The van der Waals surface area contributed by atoms with Gasteiger partial charge in [-0.25, -0.2) is 4.98 Å². The molecule has 23 heavy (non-hydrogen) atoms. The van der Waals surface area contributed by atoms with Gasteiger partial charge in [-0.15, -0.1) is 22.7 Å². The lowest BCUT2D eigenvalue weighted by atomic mass is 10.3. The zero-order valence-corrected chi connectivity index (χ0v) is 16.0. The van der Waals surface area contributed by atoms with E-state index in [2.05, 4.69) is 39.2 Å². The predicted octanol–water partition coefficient (Wildman–Crippen LogP) is 4.21. The Morgan fingerprint density at radius 1 is 1.39 bits per heavy atom. The number of carbonyl (C=O) groups excluding carboxylic acids is 1. The molecular weight excluding hydrogens is 394 g/mol. The van der Waals surface area contributed by atoms with Crippen molar-refractivity contribution in [2.45, 2.75) is 20.3 Å². The van der Waals surface area contributed by atoms with E-state index in [-0.39, 0.29) is 5.91 Å². The van der Waals surface area contributed by atoms with Gasteiger partial charge < -0.3 is 5.32 Å². The van der Waals surface area contributed by atoms with Gasteiger partial charge in [0.1, 0.15) is 0 Å². The fourth-order valence-corrected chi connectivity index (χ4v) is 4.65. The summed E-state index contributed by atoms with van der Waals surface area (Å²) < 4.78 is 3.15. The number of nitrogens with zero attached hydrogens (tertiary/aromatic N) is 2. The lowest BCUT2D eigenvalue weighted by molar-refractivity contribution is -0.116. The Kier molecular flexibility index (Phi) is 4.99. The maximum Gasteiger partial charge on any atom is 0.244 e. The first kappa shape index (κ1) is 16.4. The fourth-order valence-electron chi connectivity index (χ4n) is 2.29. The summed E-state index contributed by atoms with van der Waals surface area (Å²) in [6.07, 6.45) is 6.30. The monoisotopic (exact) mass is 409 g/mol. The maximum absolute atomic E-state index is 12.0. The topological polar surface area (TPSA) is 46.4 Å². The van der Waals surface area contributed by atoms with Crippen molar-refractivity contribution in [3.05, 3.63) is 49.3 Å². The van der Waals surface area contributed by atoms with Crippen LogP contribution in [0.25, 0.3) is 11.0 Å². The standard InChI is InChI=1S/C16H16BrN3OS2/c1-10-9-20-13(11(2)19-16(20)22-10)4-6-15(21)18-8-7-12-3-5-14(17)23-12/h3-6,9H,7-8H2,1-2H3,(H,18,21). The quantitative estimate of drug-likeness (QED) is 0.641. The third kappa shape index (κ3) is 3.91. The summed E-state index contributed by atoms with van der Waals surface area (Å²) in [5.41, 5.74) is 1.89. The Balaban J connectivity index is 1.60. The normalized spacial score (nSPS) is 11.6. The van der Waals surface area contributed by atoms with E-state index in [0.29, 0.717) is 6.54 Å². The van der Waals surface area contributed by atoms with Crippen LogP contribution in [0.4, 0.5) is 0 Å². The molecule has 3 rings (SSSR count). The van der Waals surface area contributed by atoms with E-state index in [1.807, 2.05) is 29.7 Å². The zero-order chi connectivity index (χ0) is 16.4. The highest BCUT2D eigenvalue weighted by atomic mass is 79.9. The minimum absolute atomic E-state index is 0.0816. The molecule has 0 atom stereocenters. The van der Waals surface area contributed by atoms with Crippen LogP contribution in [-0.4, -0.2) is 21.8 Å². The SMILES string of the molecule is Cc1cn2c(C=CC(=O)NCCc3ccc(Br)s3)c(C)nc2s1. The van der Waals surface area contributed by atoms with Gasteiger partial charge in [-0.3, -0.25) is 9.20 Å². The molecule has 0 radical (unpaired) electrons. The summed E-state index contributed by atoms with van der Waals surface area (Å²) in [4.78, 5) is 19.9. The molecular formula is C16H16BrN3OS2. The minimum atomic E-state index is -0.0816. The van der Waals surface area contributed by atoms with Crippen molar-refractivity contribution in [2.24, 2.45) is 0 Å². The van der Waals surface area contributed by atoms with Gasteiger partial charge in [0.2, 0.25) is 5.91 Å². The van der Waals surface area contributed by atoms with Crippen LogP contribution in [0.1, 0.15) is 21.1 Å². The van der Waals surface area contributed by atoms with Crippen molar-refractivity contribution in [3.8, 4) is 0 Å². The van der Waals surface area contributed by atoms with E-state index in [1.54, 1.807) is 28.7 Å². The Labute approximate surface area is 151 Å². The van der Waals surface area contributed by atoms with Crippen LogP contribution >= 0.6 is 38.6 Å². The molecule has 0 aliphatic rings. The molecule has 3 heterocycles. The number of aryl methyl sites for hydroxylation is 2. The molecule has 0 unspecified atom stereocenters. The third-order valence-corrected chi connectivity index (χ3v) is 5.94. The lowest BCUT2D eigenvalue weighted by Crippen LogP contribution is -2.23. The summed E-state index contributed by atoms with van der Waals surface area (Å²) in [6.45, 7) is 4.65. The molecule has 0 saturated heterocycles. The van der Waals surface area contributed by atoms with Crippen molar-refractivity contribution in [3.63, 3.8) is 0 Å². The van der Waals surface area contributed by atoms with E-state index < -0.39 is 0 Å². The second kappa shape index (κ2) is 6.98. The second-order valence-electron chi connectivity index (χ2n) is 5.16. The molecule has 0 aliphatic heterocycles. The Bertz CT molecular complexity index is 875. The van der Waals surface area contributed by atoms with E-state index >= 15 is 0 Å². The van der Waals surface area contributed by atoms with Gasteiger partial charge in [0.25, 0.3) is 0 Å². The number of thiazole rings is 1. The Morgan fingerprint density at radius 3 is 2.96 bits per heavy atom. The van der Waals surface area contributed by atoms with Gasteiger partial charge >= 0.3 is 0 Å². The number of aromatic nitrogens is 2. The highest BCUT2D eigenvalue weighted by Gasteiger charge is 2.08. The minimum Gasteiger partial charge on any atom is -0.352 e. The molecule has 0 spiro atoms. The molecule has 3 aromatic heterocycles. The second-order valence-corrected chi connectivity index (χ2v) is 8.92. The molecule has 4 nitrogen and oxygen atoms in total. The van der Waals surface area contributed by atoms with Gasteiger partial charge in [-0.05, 0) is 54.4 Å². The van der Waals surface area contributed by atoms with Crippen LogP contribution < -0.4 is 5.32 Å². The summed E-state index contributed by atoms with van der Waals surface area (Å²) in [6, 6.07) is 4.10. The highest BCUT2D eigenvalue weighted by molar-refractivity contribution is 9.11. The smallest absolute Gasteiger partial charge is 0.244 e. The Hall–Kier alpha value is -1.44. The number of imidazole rings is 1. The number of rotatable bonds is 5. The fraction of sp³-hybridized carbons (Fsp3) is 0.250. The molecule has 1 amide bonds. The van der Waals surface area contributed by atoms with Crippen molar-refractivity contribution < 1.29 is 4.79 Å². The van der Waals surface area contributed by atoms with Gasteiger partial charge in [-0.1, -0.05) is 0 Å². The molecule has 0 fully saturated rings. The Morgan fingerprint density at radius 2 is 2.22 bits per heavy atom.